The maximum Gasteiger partial charge on any atom is 0.347 e. The largest absolute Gasteiger partial charge is 0.490 e. The van der Waals surface area contributed by atoms with Crippen molar-refractivity contribution in [2.24, 2.45) is 5.16 Å². The number of oxime groups is 1. The fourth-order valence-electron chi connectivity index (χ4n) is 2.35. The Morgan fingerprint density at radius 2 is 1.85 bits per heavy atom. The van der Waals surface area contributed by atoms with Crippen LogP contribution >= 0.6 is 0 Å². The fourth-order valence-corrected chi connectivity index (χ4v) is 2.35. The van der Waals surface area contributed by atoms with Crippen molar-refractivity contribution in [1.29, 1.82) is 0 Å². The van der Waals surface area contributed by atoms with Gasteiger partial charge in [-0.05, 0) is 44.2 Å². The van der Waals surface area contributed by atoms with Gasteiger partial charge in [-0.25, -0.2) is 4.79 Å². The lowest BCUT2D eigenvalue weighted by molar-refractivity contribution is -0.149. The van der Waals surface area contributed by atoms with E-state index in [1.165, 1.54) is 0 Å². The molecule has 0 unspecified atom stereocenters. The van der Waals surface area contributed by atoms with Crippen LogP contribution in [0.5, 0.6) is 17.2 Å². The van der Waals surface area contributed by atoms with Crippen molar-refractivity contribution in [3.63, 3.8) is 0 Å². The Labute approximate surface area is 157 Å². The smallest absolute Gasteiger partial charge is 0.347 e. The normalized spacial score (nSPS) is 12.6. The van der Waals surface area contributed by atoms with E-state index < -0.39 is 5.97 Å². The van der Waals surface area contributed by atoms with Gasteiger partial charge in [0.15, 0.2) is 11.5 Å². The highest BCUT2D eigenvalue weighted by molar-refractivity contribution is 5.99. The Bertz CT molecular complexity index is 816. The average molecular weight is 371 g/mol. The highest BCUT2D eigenvalue weighted by Gasteiger charge is 2.14. The van der Waals surface area contributed by atoms with Crippen LogP contribution in [0.3, 0.4) is 0 Å². The molecule has 3 rings (SSSR count). The van der Waals surface area contributed by atoms with Gasteiger partial charge in [0, 0.05) is 5.56 Å². The second kappa shape index (κ2) is 8.93. The number of nitrogens with zero attached hydrogens (tertiary/aromatic N) is 1. The molecule has 2 aromatic rings. The van der Waals surface area contributed by atoms with Crippen molar-refractivity contribution in [2.45, 2.75) is 13.8 Å². The van der Waals surface area contributed by atoms with E-state index in [0.29, 0.717) is 17.2 Å². The third-order valence-electron chi connectivity index (χ3n) is 3.81. The van der Waals surface area contributed by atoms with Crippen molar-refractivity contribution in [1.82, 2.24) is 0 Å². The molecule has 2 aromatic carbocycles. The molecule has 27 heavy (non-hydrogen) atoms. The summed E-state index contributed by atoms with van der Waals surface area (Å²) in [5, 5.41) is 3.93. The molecular formula is C20H21NO6. The molecule has 7 nitrogen and oxygen atoms in total. The van der Waals surface area contributed by atoms with Crippen LogP contribution < -0.4 is 14.2 Å². The minimum absolute atomic E-state index is 0.140. The van der Waals surface area contributed by atoms with Crippen molar-refractivity contribution >= 4 is 11.7 Å². The van der Waals surface area contributed by atoms with Gasteiger partial charge >= 0.3 is 5.97 Å². The third kappa shape index (κ3) is 5.37. The zero-order valence-electron chi connectivity index (χ0n) is 15.3. The zero-order valence-corrected chi connectivity index (χ0v) is 15.3. The first-order chi connectivity index (χ1) is 13.1. The van der Waals surface area contributed by atoms with E-state index in [-0.39, 0.29) is 26.6 Å². The lowest BCUT2D eigenvalue weighted by Crippen LogP contribution is -2.16. The quantitative estimate of drug-likeness (QED) is 0.307. The second-order valence-electron chi connectivity index (χ2n) is 5.90. The molecule has 0 saturated heterocycles. The summed E-state index contributed by atoms with van der Waals surface area (Å²) in [6.45, 7) is 4.13. The summed E-state index contributed by atoms with van der Waals surface area (Å²) < 4.78 is 21.1. The molecule has 0 radical (unpaired) electrons. The number of carbonyl (C=O) groups is 1. The fraction of sp³-hybridized carbons (Fsp3) is 0.300. The molecule has 0 amide bonds. The Balaban J connectivity index is 1.36. The molecule has 1 aliphatic heterocycles. The van der Waals surface area contributed by atoms with E-state index >= 15 is 0 Å². The van der Waals surface area contributed by atoms with Crippen LogP contribution in [-0.4, -0.2) is 38.3 Å². The average Bonchev–Trinajstić information content (AvgIpc) is 3.14. The number of rotatable bonds is 8. The van der Waals surface area contributed by atoms with Gasteiger partial charge in [-0.3, -0.25) is 0 Å². The zero-order chi connectivity index (χ0) is 19.1. The number of carbonyl (C=O) groups excluding carboxylic acids is 1. The first-order valence-corrected chi connectivity index (χ1v) is 8.53. The monoisotopic (exact) mass is 371 g/mol. The van der Waals surface area contributed by atoms with E-state index in [1.807, 2.05) is 43.3 Å². The van der Waals surface area contributed by atoms with Gasteiger partial charge in [-0.1, -0.05) is 22.9 Å². The maximum absolute atomic E-state index is 11.7. The van der Waals surface area contributed by atoms with Gasteiger partial charge in [-0.2, -0.15) is 0 Å². The molecule has 7 heteroatoms. The predicted molar refractivity (Wildman–Crippen MR) is 98.4 cm³/mol. The second-order valence-corrected chi connectivity index (χ2v) is 5.90. The summed E-state index contributed by atoms with van der Waals surface area (Å²) in [7, 11) is 0. The molecule has 1 heterocycles. The number of fused-ring (bicyclic) bond motifs is 1. The van der Waals surface area contributed by atoms with Crippen LogP contribution in [0.2, 0.25) is 0 Å². The van der Waals surface area contributed by atoms with Crippen molar-refractivity contribution in [3.05, 3.63) is 53.6 Å². The van der Waals surface area contributed by atoms with Gasteiger partial charge in [0.05, 0.1) is 5.71 Å². The molecule has 0 spiro atoms. The molecule has 1 aliphatic rings. The molecular weight excluding hydrogens is 350 g/mol. The summed E-state index contributed by atoms with van der Waals surface area (Å²) in [6, 6.07) is 13.1. The molecule has 142 valence electrons. The number of hydrogen-bond acceptors (Lipinski definition) is 7. The van der Waals surface area contributed by atoms with Crippen LogP contribution in [0.25, 0.3) is 0 Å². The first-order valence-electron chi connectivity index (χ1n) is 8.53. The maximum atomic E-state index is 11.7. The highest BCUT2D eigenvalue weighted by Crippen LogP contribution is 2.32. The number of esters is 1. The van der Waals surface area contributed by atoms with Crippen molar-refractivity contribution < 1.29 is 28.6 Å². The van der Waals surface area contributed by atoms with E-state index in [9.17, 15) is 4.79 Å². The van der Waals surface area contributed by atoms with Crippen LogP contribution in [0, 0.1) is 6.92 Å². The van der Waals surface area contributed by atoms with Crippen molar-refractivity contribution in [3.8, 4) is 17.2 Å². The topological polar surface area (TPSA) is 75.6 Å². The number of hydrogen-bond donors (Lipinski definition) is 0. The molecule has 0 fully saturated rings. The van der Waals surface area contributed by atoms with E-state index in [2.05, 4.69) is 5.16 Å². The van der Waals surface area contributed by atoms with E-state index in [1.54, 1.807) is 13.0 Å². The molecule has 0 aliphatic carbocycles. The minimum Gasteiger partial charge on any atom is -0.490 e. The van der Waals surface area contributed by atoms with Gasteiger partial charge in [0.1, 0.15) is 19.0 Å². The third-order valence-corrected chi connectivity index (χ3v) is 3.81. The summed E-state index contributed by atoms with van der Waals surface area (Å²) in [5.74, 6) is 1.58. The SMILES string of the molecule is C/C(=N/OCC(=O)OCCOc1ccc(C)cc1)c1ccc2c(c1)OCO2. The van der Waals surface area contributed by atoms with Crippen LogP contribution in [0.15, 0.2) is 47.6 Å². The molecule has 0 saturated carbocycles. The summed E-state index contributed by atoms with van der Waals surface area (Å²) in [5.41, 5.74) is 2.59. The predicted octanol–water partition coefficient (Wildman–Crippen LogP) is 3.09. The number of ether oxygens (including phenoxy) is 4. The van der Waals surface area contributed by atoms with Crippen LogP contribution in [0.1, 0.15) is 18.1 Å². The van der Waals surface area contributed by atoms with E-state index in [4.69, 9.17) is 23.8 Å². The Kier molecular flexibility index (Phi) is 6.14. The lowest BCUT2D eigenvalue weighted by Gasteiger charge is -2.07. The van der Waals surface area contributed by atoms with Crippen LogP contribution in [-0.2, 0) is 14.4 Å². The summed E-state index contributed by atoms with van der Waals surface area (Å²) in [6.07, 6.45) is 0. The van der Waals surface area contributed by atoms with Gasteiger partial charge in [0.25, 0.3) is 0 Å². The standard InChI is InChI=1S/C20H21NO6/c1-14-3-6-17(7-4-14)23-9-10-24-20(22)12-27-21-15(2)16-5-8-18-19(11-16)26-13-25-18/h3-8,11H,9-10,12-13H2,1-2H3/b21-15-. The van der Waals surface area contributed by atoms with Crippen molar-refractivity contribution in [2.75, 3.05) is 26.6 Å². The van der Waals surface area contributed by atoms with Gasteiger partial charge < -0.3 is 23.8 Å². The summed E-state index contributed by atoms with van der Waals surface area (Å²) in [4.78, 5) is 16.7. The van der Waals surface area contributed by atoms with Gasteiger partial charge in [-0.15, -0.1) is 0 Å². The Morgan fingerprint density at radius 3 is 2.67 bits per heavy atom. The number of aryl methyl sites for hydroxylation is 1. The van der Waals surface area contributed by atoms with Crippen LogP contribution in [0.4, 0.5) is 0 Å². The molecule has 0 atom stereocenters. The minimum atomic E-state index is -0.509. The first kappa shape index (κ1) is 18.6. The molecule has 0 bridgehead atoms. The number of benzene rings is 2. The molecule has 0 aromatic heterocycles. The Morgan fingerprint density at radius 1 is 1.07 bits per heavy atom. The van der Waals surface area contributed by atoms with Gasteiger partial charge in [0.2, 0.25) is 13.4 Å². The Hall–Kier alpha value is -3.22. The lowest BCUT2D eigenvalue weighted by atomic mass is 10.1. The van der Waals surface area contributed by atoms with E-state index in [0.717, 1.165) is 16.9 Å². The summed E-state index contributed by atoms with van der Waals surface area (Å²) >= 11 is 0. The molecule has 0 N–H and O–H groups in total. The highest BCUT2D eigenvalue weighted by atomic mass is 16.7.